The summed E-state index contributed by atoms with van der Waals surface area (Å²) in [5, 5.41) is 22.5. The van der Waals surface area contributed by atoms with Crippen LogP contribution in [0.5, 0.6) is 0 Å². The first-order valence-electron chi connectivity index (χ1n) is 7.41. The van der Waals surface area contributed by atoms with E-state index in [0.717, 1.165) is 0 Å². The number of ketones is 1. The van der Waals surface area contributed by atoms with E-state index < -0.39 is 46.6 Å². The van der Waals surface area contributed by atoms with Crippen LogP contribution in [0, 0.1) is 5.41 Å². The number of aliphatic hydroxyl groups is 2. The summed E-state index contributed by atoms with van der Waals surface area (Å²) in [5.41, 5.74) is -1.14. The molecule has 0 aromatic rings. The van der Waals surface area contributed by atoms with E-state index in [4.69, 9.17) is 5.84 Å². The van der Waals surface area contributed by atoms with Gasteiger partial charge in [0.15, 0.2) is 5.78 Å². The Morgan fingerprint density at radius 1 is 1.38 bits per heavy atom. The highest BCUT2D eigenvalue weighted by molar-refractivity contribution is 9.10. The van der Waals surface area contributed by atoms with Crippen molar-refractivity contribution in [1.82, 2.24) is 10.3 Å². The van der Waals surface area contributed by atoms with E-state index in [1.54, 1.807) is 6.92 Å². The van der Waals surface area contributed by atoms with Crippen LogP contribution in [-0.4, -0.2) is 68.7 Å². The van der Waals surface area contributed by atoms with Gasteiger partial charge in [0.2, 0.25) is 5.91 Å². The molecule has 0 aliphatic heterocycles. The summed E-state index contributed by atoms with van der Waals surface area (Å²) in [5.74, 6) is 4.28. The number of hydrazine groups is 1. The molecule has 2 unspecified atom stereocenters. The van der Waals surface area contributed by atoms with E-state index in [-0.39, 0.29) is 6.42 Å². The molecule has 0 aromatic heterocycles. The summed E-state index contributed by atoms with van der Waals surface area (Å²) in [4.78, 5) is 35.9. The van der Waals surface area contributed by atoms with Gasteiger partial charge in [0.05, 0.1) is 17.9 Å². The van der Waals surface area contributed by atoms with Crippen molar-refractivity contribution in [1.29, 1.82) is 0 Å². The zero-order valence-corrected chi connectivity index (χ0v) is 16.5. The van der Waals surface area contributed by atoms with Gasteiger partial charge in [-0.15, -0.1) is 0 Å². The number of rotatable bonds is 10. The van der Waals surface area contributed by atoms with E-state index in [1.165, 1.54) is 13.8 Å². The van der Waals surface area contributed by atoms with E-state index in [1.807, 2.05) is 0 Å². The smallest absolute Gasteiger partial charge is 0.266 e. The van der Waals surface area contributed by atoms with E-state index in [2.05, 4.69) is 33.9 Å². The predicted octanol–water partition coefficient (Wildman–Crippen LogP) is -0.775. The zero-order chi connectivity index (χ0) is 19.1. The Morgan fingerprint density at radius 3 is 2.33 bits per heavy atom. The summed E-state index contributed by atoms with van der Waals surface area (Å²) >= 11 is 7.07. The van der Waals surface area contributed by atoms with Crippen molar-refractivity contribution < 1.29 is 24.6 Å². The first-order valence-corrected chi connectivity index (χ1v) is 8.96. The lowest BCUT2D eigenvalue weighted by Gasteiger charge is -2.33. The minimum atomic E-state index is -1.62. The van der Waals surface area contributed by atoms with Gasteiger partial charge in [-0.25, -0.2) is 5.84 Å². The number of alkyl halides is 1. The fourth-order valence-corrected chi connectivity index (χ4v) is 2.18. The highest BCUT2D eigenvalue weighted by atomic mass is 79.9. The minimum absolute atomic E-state index is 0.311. The fraction of sp³-hybridized carbons (Fsp3) is 0.786. The van der Waals surface area contributed by atoms with Crippen LogP contribution in [0.15, 0.2) is 0 Å². The molecule has 3 atom stereocenters. The van der Waals surface area contributed by atoms with Gasteiger partial charge in [-0.3, -0.25) is 19.4 Å². The van der Waals surface area contributed by atoms with Crippen molar-refractivity contribution >= 4 is 46.2 Å². The van der Waals surface area contributed by atoms with Crippen molar-refractivity contribution in [2.75, 3.05) is 18.9 Å². The van der Waals surface area contributed by atoms with Gasteiger partial charge in [-0.05, 0) is 6.92 Å². The lowest BCUT2D eigenvalue weighted by atomic mass is 9.86. The Bertz CT molecular complexity index is 462. The number of halogens is 1. The topological polar surface area (TPSA) is 133 Å². The van der Waals surface area contributed by atoms with Crippen LogP contribution in [0.3, 0.4) is 0 Å². The number of nitrogens with two attached hydrogens (primary N) is 1. The molecule has 8 nitrogen and oxygen atoms in total. The number of carbonyl (C=O) groups excluding carboxylic acids is 3. The molecule has 0 aliphatic carbocycles. The molecule has 0 bridgehead atoms. The molecule has 2 amide bonds. The van der Waals surface area contributed by atoms with Gasteiger partial charge in [-0.1, -0.05) is 29.8 Å². The van der Waals surface area contributed by atoms with Crippen molar-refractivity contribution in [2.45, 2.75) is 44.2 Å². The van der Waals surface area contributed by atoms with Gasteiger partial charge < -0.3 is 15.5 Å². The maximum atomic E-state index is 12.3. The Morgan fingerprint density at radius 2 is 1.92 bits per heavy atom. The van der Waals surface area contributed by atoms with Crippen LogP contribution in [0.25, 0.3) is 0 Å². The maximum absolute atomic E-state index is 12.3. The maximum Gasteiger partial charge on any atom is 0.266 e. The molecule has 0 rings (SSSR count). The fourth-order valence-electron chi connectivity index (χ4n) is 1.76. The standard InChI is InChI=1S/C14H26BrN3O5S/c1-8(15)11(21)9(6-10(20)17-4-5-24)18(16)13(23)12(22)14(2,3)7-19/h8-9,12,19,22,24H,4-7,16H2,1-3H3,(H,17,20)/t8?,9?,12-/m0/s1. The summed E-state index contributed by atoms with van der Waals surface area (Å²) in [6.07, 6.45) is -1.95. The second-order valence-corrected chi connectivity index (χ2v) is 7.93. The van der Waals surface area contributed by atoms with Crippen LogP contribution in [0.1, 0.15) is 27.2 Å². The molecule has 0 aliphatic rings. The Hall–Kier alpha value is -0.680. The highest BCUT2D eigenvalue weighted by Crippen LogP contribution is 2.22. The van der Waals surface area contributed by atoms with Gasteiger partial charge in [0, 0.05) is 17.7 Å². The van der Waals surface area contributed by atoms with Crippen molar-refractivity contribution in [3.8, 4) is 0 Å². The van der Waals surface area contributed by atoms with Gasteiger partial charge in [0.25, 0.3) is 5.91 Å². The zero-order valence-electron chi connectivity index (χ0n) is 14.0. The second kappa shape index (κ2) is 10.3. The molecule has 0 spiro atoms. The number of Topliss-reactive ketones (excluding diaryl/α,β-unsaturated/α-hetero) is 1. The monoisotopic (exact) mass is 427 g/mol. The summed E-state index contributed by atoms with van der Waals surface area (Å²) in [6, 6.07) is -1.24. The number of amides is 2. The SMILES string of the molecule is CC(Br)C(=O)C(CC(=O)NCCS)N(N)C(=O)[C@H](O)C(C)(C)CO. The number of hydrogen-bond donors (Lipinski definition) is 5. The van der Waals surface area contributed by atoms with Crippen LogP contribution < -0.4 is 11.2 Å². The van der Waals surface area contributed by atoms with Crippen LogP contribution >= 0.6 is 28.6 Å². The third-order valence-electron chi connectivity index (χ3n) is 3.51. The second-order valence-electron chi connectivity index (χ2n) is 6.11. The summed E-state index contributed by atoms with van der Waals surface area (Å²) in [6.45, 7) is 4.36. The lowest BCUT2D eigenvalue weighted by Crippen LogP contribution is -2.58. The van der Waals surface area contributed by atoms with Crippen molar-refractivity contribution in [3.05, 3.63) is 0 Å². The molecule has 24 heavy (non-hydrogen) atoms. The number of hydrogen-bond acceptors (Lipinski definition) is 7. The number of carbonyl (C=O) groups is 3. The van der Waals surface area contributed by atoms with E-state index in [0.29, 0.717) is 17.3 Å². The van der Waals surface area contributed by atoms with Gasteiger partial charge in [0.1, 0.15) is 12.1 Å². The van der Waals surface area contributed by atoms with Gasteiger partial charge >= 0.3 is 0 Å². The normalized spacial score (nSPS) is 15.3. The molecule has 0 fully saturated rings. The summed E-state index contributed by atoms with van der Waals surface area (Å²) in [7, 11) is 0. The van der Waals surface area contributed by atoms with Crippen LogP contribution in [0.2, 0.25) is 0 Å². The lowest BCUT2D eigenvalue weighted by molar-refractivity contribution is -0.154. The Balaban J connectivity index is 5.30. The summed E-state index contributed by atoms with van der Waals surface area (Å²) < 4.78 is 0. The van der Waals surface area contributed by atoms with Gasteiger partial charge in [-0.2, -0.15) is 12.6 Å². The molecule has 0 saturated carbocycles. The molecular weight excluding hydrogens is 402 g/mol. The number of nitrogens with zero attached hydrogens (tertiary/aromatic N) is 1. The predicted molar refractivity (Wildman–Crippen MR) is 96.6 cm³/mol. The third-order valence-corrected chi connectivity index (χ3v) is 4.18. The molecule has 0 radical (unpaired) electrons. The van der Waals surface area contributed by atoms with Crippen molar-refractivity contribution in [2.24, 2.45) is 11.3 Å². The Labute approximate surface area is 155 Å². The average molecular weight is 428 g/mol. The molecular formula is C14H26BrN3O5S. The Kier molecular flexibility index (Phi) is 10.0. The third kappa shape index (κ3) is 6.67. The van der Waals surface area contributed by atoms with E-state index >= 15 is 0 Å². The molecule has 0 aromatic carbocycles. The first kappa shape index (κ1) is 23.3. The molecule has 5 N–H and O–H groups in total. The molecule has 10 heteroatoms. The average Bonchev–Trinajstić information content (AvgIpc) is 2.54. The minimum Gasteiger partial charge on any atom is -0.396 e. The quantitative estimate of drug-likeness (QED) is 0.102. The number of nitrogens with one attached hydrogen (secondary N) is 1. The number of thiol groups is 1. The highest BCUT2D eigenvalue weighted by Gasteiger charge is 2.40. The molecule has 0 heterocycles. The molecule has 140 valence electrons. The number of aliphatic hydroxyl groups excluding tert-OH is 2. The van der Waals surface area contributed by atoms with Crippen molar-refractivity contribution in [3.63, 3.8) is 0 Å². The molecule has 0 saturated heterocycles. The van der Waals surface area contributed by atoms with E-state index in [9.17, 15) is 24.6 Å². The first-order chi connectivity index (χ1) is 11.0. The van der Waals surface area contributed by atoms with Crippen LogP contribution in [0.4, 0.5) is 0 Å². The largest absolute Gasteiger partial charge is 0.396 e. The van der Waals surface area contributed by atoms with Crippen LogP contribution in [-0.2, 0) is 14.4 Å².